The van der Waals surface area contributed by atoms with Gasteiger partial charge in [-0.15, -0.1) is 0 Å². The van der Waals surface area contributed by atoms with Gasteiger partial charge < -0.3 is 19.6 Å². The summed E-state index contributed by atoms with van der Waals surface area (Å²) in [6.45, 7) is 7.42. The molecule has 26 heavy (non-hydrogen) atoms. The molecule has 0 radical (unpaired) electrons. The summed E-state index contributed by atoms with van der Waals surface area (Å²) in [5.74, 6) is -1.05. The maximum Gasteiger partial charge on any atom is 0.326 e. The number of furan rings is 1. The van der Waals surface area contributed by atoms with Gasteiger partial charge in [0.1, 0.15) is 17.4 Å². The van der Waals surface area contributed by atoms with E-state index in [1.165, 1.54) is 6.08 Å². The monoisotopic (exact) mass is 359 g/mol. The van der Waals surface area contributed by atoms with Gasteiger partial charge in [-0.05, 0) is 37.0 Å². The van der Waals surface area contributed by atoms with E-state index in [4.69, 9.17) is 9.15 Å². The van der Waals surface area contributed by atoms with Crippen LogP contribution in [0.15, 0.2) is 28.9 Å². The molecule has 2 aromatic rings. The van der Waals surface area contributed by atoms with E-state index < -0.39 is 17.9 Å². The molecule has 2 unspecified atom stereocenters. The summed E-state index contributed by atoms with van der Waals surface area (Å²) < 4.78 is 10.9. The number of benzene rings is 1. The third-order valence-electron chi connectivity index (χ3n) is 4.64. The number of nitrogens with one attached hydrogen (secondary N) is 1. The van der Waals surface area contributed by atoms with E-state index in [1.54, 1.807) is 33.3 Å². The second-order valence-corrected chi connectivity index (χ2v) is 6.50. The van der Waals surface area contributed by atoms with Crippen LogP contribution in [0, 0.1) is 12.8 Å². The van der Waals surface area contributed by atoms with Gasteiger partial charge in [0, 0.05) is 23.1 Å². The number of hydrogen-bond acceptors (Lipinski definition) is 4. The second kappa shape index (κ2) is 8.08. The van der Waals surface area contributed by atoms with E-state index in [1.807, 2.05) is 19.9 Å². The first-order valence-corrected chi connectivity index (χ1v) is 8.56. The van der Waals surface area contributed by atoms with Gasteiger partial charge >= 0.3 is 5.97 Å². The highest BCUT2D eigenvalue weighted by atomic mass is 16.5. The fraction of sp³-hybridized carbons (Fsp3) is 0.400. The molecule has 0 bridgehead atoms. The minimum absolute atomic E-state index is 0.162. The number of hydrogen-bond donors (Lipinski definition) is 2. The van der Waals surface area contributed by atoms with Crippen molar-refractivity contribution in [3.05, 3.63) is 35.6 Å². The predicted octanol–water partition coefficient (Wildman–Crippen LogP) is 3.77. The number of carbonyl (C=O) groups excluding carboxylic acids is 1. The number of rotatable bonds is 7. The number of carboxylic acid groups (broad SMARTS) is 1. The van der Waals surface area contributed by atoms with Gasteiger partial charge in [-0.1, -0.05) is 20.3 Å². The molecule has 2 atom stereocenters. The molecule has 1 aromatic carbocycles. The van der Waals surface area contributed by atoms with Crippen molar-refractivity contribution in [2.75, 3.05) is 7.11 Å². The zero-order valence-electron chi connectivity index (χ0n) is 15.8. The van der Waals surface area contributed by atoms with Gasteiger partial charge in [0.05, 0.1) is 13.4 Å². The Labute approximate surface area is 152 Å². The highest BCUT2D eigenvalue weighted by molar-refractivity contribution is 5.98. The topological polar surface area (TPSA) is 88.8 Å². The molecule has 0 saturated carbocycles. The number of allylic oxidation sites excluding steroid dienone is 1. The first-order chi connectivity index (χ1) is 12.3. The lowest BCUT2D eigenvalue weighted by atomic mass is 9.99. The molecular formula is C20H25NO5. The van der Waals surface area contributed by atoms with Crippen LogP contribution in [0.25, 0.3) is 16.5 Å². The van der Waals surface area contributed by atoms with Gasteiger partial charge in [-0.3, -0.25) is 4.79 Å². The first-order valence-electron chi connectivity index (χ1n) is 8.56. The van der Waals surface area contributed by atoms with Crippen molar-refractivity contribution in [2.45, 2.75) is 40.2 Å². The molecule has 1 aromatic heterocycles. The lowest BCUT2D eigenvalue weighted by Crippen LogP contribution is -2.44. The molecule has 0 spiro atoms. The Bertz CT molecular complexity index is 849. The van der Waals surface area contributed by atoms with Crippen molar-refractivity contribution >= 4 is 28.4 Å². The first kappa shape index (κ1) is 19.6. The number of aryl methyl sites for hydroxylation is 1. The number of carbonyl (C=O) groups is 2. The number of ether oxygens (including phenoxy) is 1. The minimum Gasteiger partial charge on any atom is -0.496 e. The smallest absolute Gasteiger partial charge is 0.326 e. The normalized spacial score (nSPS) is 14.1. The van der Waals surface area contributed by atoms with Gasteiger partial charge in [0.2, 0.25) is 5.91 Å². The number of methoxy groups -OCH3 is 1. The molecule has 1 amide bonds. The number of aliphatic carboxylic acids is 1. The molecule has 2 rings (SSSR count). The number of carboxylic acids is 1. The molecule has 2 N–H and O–H groups in total. The van der Waals surface area contributed by atoms with E-state index in [0.29, 0.717) is 23.3 Å². The van der Waals surface area contributed by atoms with E-state index in [-0.39, 0.29) is 5.92 Å². The molecule has 1 heterocycles. The Morgan fingerprint density at radius 1 is 1.38 bits per heavy atom. The summed E-state index contributed by atoms with van der Waals surface area (Å²) in [7, 11) is 1.55. The third kappa shape index (κ3) is 4.07. The van der Waals surface area contributed by atoms with Crippen LogP contribution in [-0.4, -0.2) is 30.1 Å². The van der Waals surface area contributed by atoms with E-state index >= 15 is 0 Å². The summed E-state index contributed by atoms with van der Waals surface area (Å²) in [5, 5.41) is 12.8. The summed E-state index contributed by atoms with van der Waals surface area (Å²) in [6, 6.07) is 2.78. The quantitative estimate of drug-likeness (QED) is 0.735. The molecule has 6 heteroatoms. The predicted molar refractivity (Wildman–Crippen MR) is 100 cm³/mol. The highest BCUT2D eigenvalue weighted by Gasteiger charge is 2.24. The highest BCUT2D eigenvalue weighted by Crippen LogP contribution is 2.33. The van der Waals surface area contributed by atoms with Crippen LogP contribution in [0.5, 0.6) is 5.75 Å². The Balaban J connectivity index is 2.33. The van der Waals surface area contributed by atoms with Crippen LogP contribution in [0.3, 0.4) is 0 Å². The van der Waals surface area contributed by atoms with Crippen molar-refractivity contribution < 1.29 is 23.8 Å². The fourth-order valence-corrected chi connectivity index (χ4v) is 2.81. The van der Waals surface area contributed by atoms with Gasteiger partial charge in [0.25, 0.3) is 0 Å². The Kier molecular flexibility index (Phi) is 6.08. The average molecular weight is 359 g/mol. The van der Waals surface area contributed by atoms with Crippen molar-refractivity contribution in [1.82, 2.24) is 5.32 Å². The maximum absolute atomic E-state index is 12.3. The van der Waals surface area contributed by atoms with Crippen LogP contribution in [0.1, 0.15) is 38.3 Å². The number of amides is 1. The van der Waals surface area contributed by atoms with E-state index in [2.05, 4.69) is 5.32 Å². The lowest BCUT2D eigenvalue weighted by Gasteiger charge is -2.19. The van der Waals surface area contributed by atoms with Crippen LogP contribution in [-0.2, 0) is 9.59 Å². The van der Waals surface area contributed by atoms with Crippen LogP contribution < -0.4 is 10.1 Å². The average Bonchev–Trinajstić information content (AvgIpc) is 2.97. The number of fused-ring (bicyclic) bond motifs is 1. The van der Waals surface area contributed by atoms with Gasteiger partial charge in [-0.2, -0.15) is 0 Å². The zero-order valence-corrected chi connectivity index (χ0v) is 15.8. The SMILES string of the molecule is CCC(C)C(NC(=O)/C=C(\C)c1cc2c(C)coc2cc1OC)C(=O)O. The lowest BCUT2D eigenvalue weighted by molar-refractivity contribution is -0.142. The largest absolute Gasteiger partial charge is 0.496 e. The van der Waals surface area contributed by atoms with Crippen LogP contribution in [0.4, 0.5) is 0 Å². The fourth-order valence-electron chi connectivity index (χ4n) is 2.81. The summed E-state index contributed by atoms with van der Waals surface area (Å²) in [5.41, 5.74) is 3.14. The van der Waals surface area contributed by atoms with Crippen molar-refractivity contribution in [3.8, 4) is 5.75 Å². The standard InChI is InChI=1S/C20H25NO5/c1-6-11(2)19(20(23)24)21-18(22)7-12(3)14-8-15-13(4)10-26-17(15)9-16(14)25-5/h7-11,19H,6H2,1-5H3,(H,21,22)(H,23,24)/b12-7+. The molecular weight excluding hydrogens is 334 g/mol. The van der Waals surface area contributed by atoms with Gasteiger partial charge in [0.15, 0.2) is 0 Å². The molecule has 6 nitrogen and oxygen atoms in total. The Morgan fingerprint density at radius 3 is 2.65 bits per heavy atom. The van der Waals surface area contributed by atoms with E-state index in [0.717, 1.165) is 16.5 Å². The summed E-state index contributed by atoms with van der Waals surface area (Å²) >= 11 is 0. The summed E-state index contributed by atoms with van der Waals surface area (Å²) in [6.07, 6.45) is 3.73. The molecule has 0 aliphatic carbocycles. The Morgan fingerprint density at radius 2 is 2.08 bits per heavy atom. The maximum atomic E-state index is 12.3. The summed E-state index contributed by atoms with van der Waals surface area (Å²) in [4.78, 5) is 23.7. The van der Waals surface area contributed by atoms with Crippen LogP contribution >= 0.6 is 0 Å². The third-order valence-corrected chi connectivity index (χ3v) is 4.64. The molecule has 0 saturated heterocycles. The molecule has 0 fully saturated rings. The molecule has 0 aliphatic heterocycles. The van der Waals surface area contributed by atoms with Crippen molar-refractivity contribution in [1.29, 1.82) is 0 Å². The van der Waals surface area contributed by atoms with Gasteiger partial charge in [-0.25, -0.2) is 4.79 Å². The minimum atomic E-state index is -1.04. The van der Waals surface area contributed by atoms with Crippen molar-refractivity contribution in [2.24, 2.45) is 5.92 Å². The second-order valence-electron chi connectivity index (χ2n) is 6.50. The Hall–Kier alpha value is -2.76. The van der Waals surface area contributed by atoms with E-state index in [9.17, 15) is 14.7 Å². The molecule has 140 valence electrons. The van der Waals surface area contributed by atoms with Crippen LogP contribution in [0.2, 0.25) is 0 Å². The zero-order chi connectivity index (χ0) is 19.4. The molecule has 0 aliphatic rings. The van der Waals surface area contributed by atoms with Crippen molar-refractivity contribution in [3.63, 3.8) is 0 Å².